The minimum Gasteiger partial charge on any atom is -0.467 e. The molecule has 156 valence electrons. The second-order valence-corrected chi connectivity index (χ2v) is 6.92. The molecule has 0 saturated carbocycles. The summed E-state index contributed by atoms with van der Waals surface area (Å²) in [4.78, 5) is 29.1. The lowest BCUT2D eigenvalue weighted by Gasteiger charge is -2.27. The van der Waals surface area contributed by atoms with E-state index in [4.69, 9.17) is 4.42 Å². The number of hydrogen-bond donors (Lipinski definition) is 0. The summed E-state index contributed by atoms with van der Waals surface area (Å²) in [6.45, 7) is 4.39. The van der Waals surface area contributed by atoms with Gasteiger partial charge in [0.15, 0.2) is 0 Å². The normalized spacial score (nSPS) is 10.6. The molecule has 1 aromatic carbocycles. The van der Waals surface area contributed by atoms with Gasteiger partial charge in [-0.15, -0.1) is 6.58 Å². The summed E-state index contributed by atoms with van der Waals surface area (Å²) in [7, 11) is 1.91. The first-order valence-electron chi connectivity index (χ1n) is 9.54. The van der Waals surface area contributed by atoms with Crippen molar-refractivity contribution in [2.24, 2.45) is 7.05 Å². The number of halogens is 1. The maximum absolute atomic E-state index is 13.2. The molecule has 6 nitrogen and oxygen atoms in total. The lowest BCUT2D eigenvalue weighted by molar-refractivity contribution is -0.133. The third-order valence-electron chi connectivity index (χ3n) is 4.74. The fraction of sp³-hybridized carbons (Fsp3) is 0.217. The predicted molar refractivity (Wildman–Crippen MR) is 111 cm³/mol. The van der Waals surface area contributed by atoms with E-state index in [0.717, 1.165) is 5.69 Å². The van der Waals surface area contributed by atoms with Crippen molar-refractivity contribution in [3.05, 3.63) is 96.5 Å². The number of nitrogens with zero attached hydrogens (tertiary/aromatic N) is 3. The summed E-state index contributed by atoms with van der Waals surface area (Å²) in [5.41, 5.74) is 1.26. The average Bonchev–Trinajstić information content (AvgIpc) is 3.39. The van der Waals surface area contributed by atoms with Gasteiger partial charge in [0, 0.05) is 31.0 Å². The Morgan fingerprint density at radius 1 is 1.10 bits per heavy atom. The van der Waals surface area contributed by atoms with Gasteiger partial charge in [-0.3, -0.25) is 9.59 Å². The van der Waals surface area contributed by atoms with E-state index in [2.05, 4.69) is 6.58 Å². The first kappa shape index (κ1) is 21.1. The first-order valence-corrected chi connectivity index (χ1v) is 9.54. The highest BCUT2D eigenvalue weighted by atomic mass is 19.1. The van der Waals surface area contributed by atoms with Crippen LogP contribution in [-0.4, -0.2) is 39.3 Å². The van der Waals surface area contributed by atoms with Gasteiger partial charge in [0.25, 0.3) is 5.91 Å². The van der Waals surface area contributed by atoms with Gasteiger partial charge < -0.3 is 18.8 Å². The summed E-state index contributed by atoms with van der Waals surface area (Å²) >= 11 is 0. The van der Waals surface area contributed by atoms with Gasteiger partial charge in [-0.25, -0.2) is 4.39 Å². The number of rotatable bonds is 9. The lowest BCUT2D eigenvalue weighted by atomic mass is 10.2. The quantitative estimate of drug-likeness (QED) is 0.507. The Morgan fingerprint density at radius 2 is 1.87 bits per heavy atom. The number of benzene rings is 1. The molecule has 7 heteroatoms. The zero-order chi connectivity index (χ0) is 21.5. The minimum atomic E-state index is -0.426. The molecule has 0 spiro atoms. The summed E-state index contributed by atoms with van der Waals surface area (Å²) in [6, 6.07) is 12.7. The van der Waals surface area contributed by atoms with Gasteiger partial charge in [-0.2, -0.15) is 0 Å². The molecule has 0 aliphatic rings. The van der Waals surface area contributed by atoms with Crippen LogP contribution in [0.15, 0.2) is 78.1 Å². The van der Waals surface area contributed by atoms with Crippen molar-refractivity contribution < 1.29 is 18.4 Å². The SMILES string of the molecule is C=CCN(CC(=O)N(Cc1ccco1)Cc1cccn1C)C(=O)c1ccc(F)cc1. The van der Waals surface area contributed by atoms with Crippen molar-refractivity contribution in [2.75, 3.05) is 13.1 Å². The molecular weight excluding hydrogens is 385 g/mol. The molecular formula is C23H24FN3O3. The van der Waals surface area contributed by atoms with Crippen molar-refractivity contribution in [1.29, 1.82) is 0 Å². The Kier molecular flexibility index (Phi) is 6.85. The Bertz CT molecular complexity index is 993. The highest BCUT2D eigenvalue weighted by Gasteiger charge is 2.23. The van der Waals surface area contributed by atoms with Crippen molar-refractivity contribution in [3.8, 4) is 0 Å². The van der Waals surface area contributed by atoms with Crippen LogP contribution in [0.2, 0.25) is 0 Å². The summed E-state index contributed by atoms with van der Waals surface area (Å²) < 4.78 is 20.5. The summed E-state index contributed by atoms with van der Waals surface area (Å²) in [6.07, 6.45) is 5.03. The molecule has 0 aliphatic carbocycles. The predicted octanol–water partition coefficient (Wildman–Crippen LogP) is 3.61. The second-order valence-electron chi connectivity index (χ2n) is 6.92. The summed E-state index contributed by atoms with van der Waals surface area (Å²) in [5, 5.41) is 0. The topological polar surface area (TPSA) is 58.7 Å². The zero-order valence-corrected chi connectivity index (χ0v) is 16.8. The average molecular weight is 409 g/mol. The third kappa shape index (κ3) is 5.26. The molecule has 3 aromatic rings. The molecule has 30 heavy (non-hydrogen) atoms. The van der Waals surface area contributed by atoms with E-state index in [-0.39, 0.29) is 31.4 Å². The molecule has 2 amide bonds. The molecule has 0 aliphatic heterocycles. The van der Waals surface area contributed by atoms with Crippen LogP contribution in [0.1, 0.15) is 21.8 Å². The zero-order valence-electron chi connectivity index (χ0n) is 16.8. The Hall–Kier alpha value is -3.61. The van der Waals surface area contributed by atoms with E-state index < -0.39 is 5.82 Å². The number of hydrogen-bond acceptors (Lipinski definition) is 3. The van der Waals surface area contributed by atoms with Crippen molar-refractivity contribution in [2.45, 2.75) is 13.1 Å². The van der Waals surface area contributed by atoms with E-state index in [1.165, 1.54) is 29.2 Å². The molecule has 0 unspecified atom stereocenters. The Labute approximate surface area is 174 Å². The van der Waals surface area contributed by atoms with E-state index in [1.807, 2.05) is 29.9 Å². The maximum Gasteiger partial charge on any atom is 0.254 e. The molecule has 0 saturated heterocycles. The number of furan rings is 1. The molecule has 0 bridgehead atoms. The van der Waals surface area contributed by atoms with Crippen LogP contribution < -0.4 is 0 Å². The van der Waals surface area contributed by atoms with Crippen LogP contribution in [-0.2, 0) is 24.9 Å². The van der Waals surface area contributed by atoms with Gasteiger partial charge in [-0.1, -0.05) is 6.08 Å². The van der Waals surface area contributed by atoms with Crippen LogP contribution in [0.3, 0.4) is 0 Å². The van der Waals surface area contributed by atoms with Gasteiger partial charge in [0.2, 0.25) is 5.91 Å². The van der Waals surface area contributed by atoms with Crippen LogP contribution in [0, 0.1) is 5.82 Å². The monoisotopic (exact) mass is 409 g/mol. The lowest BCUT2D eigenvalue weighted by Crippen LogP contribution is -2.42. The Balaban J connectivity index is 1.78. The maximum atomic E-state index is 13.2. The summed E-state index contributed by atoms with van der Waals surface area (Å²) in [5.74, 6) is -0.368. The van der Waals surface area contributed by atoms with Crippen LogP contribution in [0.5, 0.6) is 0 Å². The minimum absolute atomic E-state index is 0.132. The molecule has 2 aromatic heterocycles. The van der Waals surface area contributed by atoms with Crippen LogP contribution >= 0.6 is 0 Å². The standard InChI is InChI=1S/C23H24FN3O3/c1-3-12-26(23(29)18-8-10-19(24)11-9-18)17-22(28)27(16-21-7-5-14-30-21)15-20-6-4-13-25(20)2/h3-11,13-14H,1,12,15-17H2,2H3. The van der Waals surface area contributed by atoms with Gasteiger partial charge in [-0.05, 0) is 48.5 Å². The van der Waals surface area contributed by atoms with Crippen molar-refractivity contribution in [1.82, 2.24) is 14.4 Å². The Morgan fingerprint density at radius 3 is 2.47 bits per heavy atom. The van der Waals surface area contributed by atoms with Crippen LogP contribution in [0.4, 0.5) is 4.39 Å². The number of carbonyl (C=O) groups is 2. The molecule has 0 fully saturated rings. The molecule has 0 N–H and O–H groups in total. The largest absolute Gasteiger partial charge is 0.467 e. The van der Waals surface area contributed by atoms with E-state index in [1.54, 1.807) is 29.4 Å². The van der Waals surface area contributed by atoms with E-state index in [9.17, 15) is 14.0 Å². The highest BCUT2D eigenvalue weighted by Crippen LogP contribution is 2.13. The van der Waals surface area contributed by atoms with Gasteiger partial charge in [0.1, 0.15) is 18.1 Å². The molecule has 0 radical (unpaired) electrons. The fourth-order valence-electron chi connectivity index (χ4n) is 3.09. The number of aromatic nitrogens is 1. The van der Waals surface area contributed by atoms with Gasteiger partial charge in [0.05, 0.1) is 19.4 Å². The van der Waals surface area contributed by atoms with E-state index >= 15 is 0 Å². The first-order chi connectivity index (χ1) is 14.5. The fourth-order valence-corrected chi connectivity index (χ4v) is 3.09. The highest BCUT2D eigenvalue weighted by molar-refractivity contribution is 5.96. The van der Waals surface area contributed by atoms with Crippen LogP contribution in [0.25, 0.3) is 0 Å². The number of amides is 2. The number of carbonyl (C=O) groups excluding carboxylic acids is 2. The third-order valence-corrected chi connectivity index (χ3v) is 4.74. The molecule has 2 heterocycles. The second kappa shape index (κ2) is 9.73. The smallest absolute Gasteiger partial charge is 0.254 e. The van der Waals surface area contributed by atoms with Gasteiger partial charge >= 0.3 is 0 Å². The molecule has 0 atom stereocenters. The number of aryl methyl sites for hydroxylation is 1. The molecule has 3 rings (SSSR count). The van der Waals surface area contributed by atoms with Crippen molar-refractivity contribution in [3.63, 3.8) is 0 Å². The van der Waals surface area contributed by atoms with Crippen molar-refractivity contribution >= 4 is 11.8 Å². The van der Waals surface area contributed by atoms with E-state index in [0.29, 0.717) is 17.9 Å².